The SMILES string of the molecule is CC1(NC(=O)c2n[nH]c3c2CNCC3)CCC1. The summed E-state index contributed by atoms with van der Waals surface area (Å²) in [6, 6.07) is 0. The molecule has 1 aliphatic carbocycles. The molecule has 2 heterocycles. The highest BCUT2D eigenvalue weighted by Gasteiger charge is 2.34. The Bertz CT molecular complexity index is 447. The van der Waals surface area contributed by atoms with Gasteiger partial charge in [0, 0.05) is 36.3 Å². The molecule has 1 amide bonds. The van der Waals surface area contributed by atoms with E-state index in [9.17, 15) is 4.79 Å². The number of nitrogens with zero attached hydrogens (tertiary/aromatic N) is 1. The van der Waals surface area contributed by atoms with Gasteiger partial charge < -0.3 is 10.6 Å². The van der Waals surface area contributed by atoms with Crippen LogP contribution in [0.5, 0.6) is 0 Å². The number of H-pyrrole nitrogens is 1. The van der Waals surface area contributed by atoms with E-state index < -0.39 is 0 Å². The van der Waals surface area contributed by atoms with Gasteiger partial charge >= 0.3 is 0 Å². The molecule has 0 radical (unpaired) electrons. The molecule has 1 saturated carbocycles. The Morgan fingerprint density at radius 3 is 3.00 bits per heavy atom. The van der Waals surface area contributed by atoms with Crippen LogP contribution in [0, 0.1) is 0 Å². The number of rotatable bonds is 2. The second kappa shape index (κ2) is 3.84. The van der Waals surface area contributed by atoms with E-state index in [2.05, 4.69) is 27.8 Å². The third kappa shape index (κ3) is 1.84. The number of carbonyl (C=O) groups excluding carboxylic acids is 1. The van der Waals surface area contributed by atoms with Crippen molar-refractivity contribution < 1.29 is 4.79 Å². The molecule has 5 heteroatoms. The average molecular weight is 234 g/mol. The maximum atomic E-state index is 12.2. The fourth-order valence-corrected chi connectivity index (χ4v) is 2.58. The zero-order valence-corrected chi connectivity index (χ0v) is 10.1. The fraction of sp³-hybridized carbons (Fsp3) is 0.667. The van der Waals surface area contributed by atoms with E-state index in [4.69, 9.17) is 0 Å². The Balaban J connectivity index is 1.79. The van der Waals surface area contributed by atoms with Gasteiger partial charge in [0.1, 0.15) is 0 Å². The van der Waals surface area contributed by atoms with E-state index in [1.807, 2.05) is 0 Å². The largest absolute Gasteiger partial charge is 0.345 e. The van der Waals surface area contributed by atoms with Crippen molar-refractivity contribution in [3.05, 3.63) is 17.0 Å². The van der Waals surface area contributed by atoms with Crippen molar-refractivity contribution in [3.63, 3.8) is 0 Å². The zero-order valence-electron chi connectivity index (χ0n) is 10.1. The summed E-state index contributed by atoms with van der Waals surface area (Å²) in [7, 11) is 0. The minimum absolute atomic E-state index is 0.00892. The quantitative estimate of drug-likeness (QED) is 0.706. The van der Waals surface area contributed by atoms with E-state index in [1.54, 1.807) is 0 Å². The molecule has 1 aliphatic heterocycles. The second-order valence-electron chi connectivity index (χ2n) is 5.32. The Kier molecular flexibility index (Phi) is 2.43. The number of hydrogen-bond acceptors (Lipinski definition) is 3. The normalized spacial score (nSPS) is 21.5. The van der Waals surface area contributed by atoms with Gasteiger partial charge in [0.15, 0.2) is 5.69 Å². The average Bonchev–Trinajstić information content (AvgIpc) is 2.70. The van der Waals surface area contributed by atoms with Crippen LogP contribution in [0.15, 0.2) is 0 Å². The summed E-state index contributed by atoms with van der Waals surface area (Å²) < 4.78 is 0. The Hall–Kier alpha value is -1.36. The van der Waals surface area contributed by atoms with Gasteiger partial charge in [-0.2, -0.15) is 5.10 Å². The van der Waals surface area contributed by atoms with Crippen LogP contribution in [0.25, 0.3) is 0 Å². The van der Waals surface area contributed by atoms with Crippen LogP contribution in [0.3, 0.4) is 0 Å². The van der Waals surface area contributed by atoms with Crippen molar-refractivity contribution in [2.45, 2.75) is 44.7 Å². The van der Waals surface area contributed by atoms with E-state index >= 15 is 0 Å². The number of hydrogen-bond donors (Lipinski definition) is 3. The van der Waals surface area contributed by atoms with Gasteiger partial charge in [0.05, 0.1) is 0 Å². The molecule has 0 unspecified atom stereocenters. The Morgan fingerprint density at radius 2 is 2.29 bits per heavy atom. The highest BCUT2D eigenvalue weighted by molar-refractivity contribution is 5.94. The highest BCUT2D eigenvalue weighted by Crippen LogP contribution is 2.31. The maximum Gasteiger partial charge on any atom is 0.272 e. The first-order chi connectivity index (χ1) is 8.18. The molecule has 0 saturated heterocycles. The number of amides is 1. The van der Waals surface area contributed by atoms with E-state index in [0.29, 0.717) is 5.69 Å². The van der Waals surface area contributed by atoms with Crippen molar-refractivity contribution >= 4 is 5.91 Å². The minimum atomic E-state index is -0.0339. The Labute approximate surface area is 100 Å². The molecular weight excluding hydrogens is 216 g/mol. The summed E-state index contributed by atoms with van der Waals surface area (Å²) >= 11 is 0. The van der Waals surface area contributed by atoms with Crippen molar-refractivity contribution in [2.24, 2.45) is 0 Å². The van der Waals surface area contributed by atoms with Crippen molar-refractivity contribution in [1.82, 2.24) is 20.8 Å². The second-order valence-corrected chi connectivity index (χ2v) is 5.32. The van der Waals surface area contributed by atoms with Crippen LogP contribution in [0.2, 0.25) is 0 Å². The van der Waals surface area contributed by atoms with Crippen molar-refractivity contribution in [3.8, 4) is 0 Å². The predicted molar refractivity (Wildman–Crippen MR) is 63.7 cm³/mol. The molecule has 0 atom stereocenters. The molecule has 2 aliphatic rings. The van der Waals surface area contributed by atoms with Crippen LogP contribution in [-0.4, -0.2) is 28.2 Å². The maximum absolute atomic E-state index is 12.2. The fourth-order valence-electron chi connectivity index (χ4n) is 2.58. The van der Waals surface area contributed by atoms with Gasteiger partial charge in [-0.05, 0) is 26.2 Å². The summed E-state index contributed by atoms with van der Waals surface area (Å²) in [5.74, 6) is -0.0339. The van der Waals surface area contributed by atoms with Gasteiger partial charge in [-0.3, -0.25) is 9.89 Å². The summed E-state index contributed by atoms with van der Waals surface area (Å²) in [5, 5.41) is 13.5. The number of fused-ring (bicyclic) bond motifs is 1. The number of aromatic amines is 1. The van der Waals surface area contributed by atoms with Gasteiger partial charge in [0.2, 0.25) is 0 Å². The third-order valence-electron chi connectivity index (χ3n) is 3.89. The summed E-state index contributed by atoms with van der Waals surface area (Å²) in [6.07, 6.45) is 4.27. The van der Waals surface area contributed by atoms with E-state index in [0.717, 1.165) is 43.6 Å². The van der Waals surface area contributed by atoms with Crippen molar-refractivity contribution in [2.75, 3.05) is 6.54 Å². The van der Waals surface area contributed by atoms with Gasteiger partial charge in [-0.1, -0.05) is 0 Å². The lowest BCUT2D eigenvalue weighted by molar-refractivity contribution is 0.0844. The zero-order chi connectivity index (χ0) is 11.9. The number of nitrogens with one attached hydrogen (secondary N) is 3. The molecule has 3 rings (SSSR count). The first kappa shape index (κ1) is 10.8. The highest BCUT2D eigenvalue weighted by atomic mass is 16.2. The molecular formula is C12H18N4O. The van der Waals surface area contributed by atoms with Crippen LogP contribution in [-0.2, 0) is 13.0 Å². The number of carbonyl (C=O) groups is 1. The third-order valence-corrected chi connectivity index (χ3v) is 3.89. The standard InChI is InChI=1S/C12H18N4O/c1-12(4-2-5-12)14-11(17)10-8-7-13-6-3-9(8)15-16-10/h13H,2-7H2,1H3,(H,14,17)(H,15,16). The molecule has 17 heavy (non-hydrogen) atoms. The first-order valence-electron chi connectivity index (χ1n) is 6.27. The summed E-state index contributed by atoms with van der Waals surface area (Å²) in [5.41, 5.74) is 2.70. The van der Waals surface area contributed by atoms with Crippen LogP contribution < -0.4 is 10.6 Å². The summed E-state index contributed by atoms with van der Waals surface area (Å²) in [6.45, 7) is 3.80. The van der Waals surface area contributed by atoms with Crippen molar-refractivity contribution in [1.29, 1.82) is 0 Å². The lowest BCUT2D eigenvalue weighted by atomic mass is 9.78. The molecule has 1 fully saturated rings. The van der Waals surface area contributed by atoms with Crippen LogP contribution >= 0.6 is 0 Å². The van der Waals surface area contributed by atoms with Crippen LogP contribution in [0.4, 0.5) is 0 Å². The lowest BCUT2D eigenvalue weighted by Gasteiger charge is -2.39. The molecule has 92 valence electrons. The number of aromatic nitrogens is 2. The predicted octanol–water partition coefficient (Wildman–Crippen LogP) is 0.728. The first-order valence-corrected chi connectivity index (χ1v) is 6.27. The van der Waals surface area contributed by atoms with Gasteiger partial charge in [-0.25, -0.2) is 0 Å². The van der Waals surface area contributed by atoms with Gasteiger partial charge in [-0.15, -0.1) is 0 Å². The lowest BCUT2D eigenvalue weighted by Crippen LogP contribution is -2.51. The molecule has 1 aromatic rings. The molecule has 0 aromatic carbocycles. The summed E-state index contributed by atoms with van der Waals surface area (Å²) in [4.78, 5) is 12.2. The molecule has 5 nitrogen and oxygen atoms in total. The monoisotopic (exact) mass is 234 g/mol. The molecule has 0 bridgehead atoms. The van der Waals surface area contributed by atoms with Crippen LogP contribution in [0.1, 0.15) is 47.9 Å². The molecule has 0 spiro atoms. The minimum Gasteiger partial charge on any atom is -0.345 e. The molecule has 3 N–H and O–H groups in total. The van der Waals surface area contributed by atoms with E-state index in [1.165, 1.54) is 6.42 Å². The smallest absolute Gasteiger partial charge is 0.272 e. The topological polar surface area (TPSA) is 69.8 Å². The van der Waals surface area contributed by atoms with Gasteiger partial charge in [0.25, 0.3) is 5.91 Å². The Morgan fingerprint density at radius 1 is 1.47 bits per heavy atom. The molecule has 1 aromatic heterocycles. The van der Waals surface area contributed by atoms with E-state index in [-0.39, 0.29) is 11.4 Å².